The SMILES string of the molecule is CCc1ccc(C[C@@H]2CN(CC#CCN3CCOC[C@H]3CC)CCN2C(=O)c2cc(C(F)(F)F)cc(C(F)(F)F)c2)cc1CC. The summed E-state index contributed by atoms with van der Waals surface area (Å²) in [5, 5.41) is 0. The number of hydrogen-bond donors (Lipinski definition) is 0. The van der Waals surface area contributed by atoms with Crippen LogP contribution in [0.25, 0.3) is 0 Å². The fraction of sp³-hybridized carbons (Fsp3) is 0.559. The molecule has 5 nitrogen and oxygen atoms in total. The molecule has 2 fully saturated rings. The maximum absolute atomic E-state index is 13.7. The van der Waals surface area contributed by atoms with Crippen LogP contribution in [0.3, 0.4) is 0 Å². The molecule has 2 aliphatic rings. The van der Waals surface area contributed by atoms with Crippen molar-refractivity contribution in [3.05, 3.63) is 69.8 Å². The Bertz CT molecular complexity index is 1350. The Kier molecular flexibility index (Phi) is 11.6. The highest BCUT2D eigenvalue weighted by Gasteiger charge is 2.39. The van der Waals surface area contributed by atoms with E-state index in [1.807, 2.05) is 12.1 Å². The summed E-state index contributed by atoms with van der Waals surface area (Å²) in [6, 6.07) is 7.05. The monoisotopic (exact) mass is 637 g/mol. The largest absolute Gasteiger partial charge is 0.416 e. The minimum atomic E-state index is -5.04. The van der Waals surface area contributed by atoms with Crippen LogP contribution in [0.5, 0.6) is 0 Å². The van der Waals surface area contributed by atoms with Gasteiger partial charge in [0.25, 0.3) is 5.91 Å². The van der Waals surface area contributed by atoms with Gasteiger partial charge in [-0.1, -0.05) is 50.8 Å². The smallest absolute Gasteiger partial charge is 0.378 e. The molecular weight excluding hydrogens is 596 g/mol. The second-order valence-corrected chi connectivity index (χ2v) is 11.7. The van der Waals surface area contributed by atoms with Gasteiger partial charge >= 0.3 is 12.4 Å². The minimum Gasteiger partial charge on any atom is -0.378 e. The number of rotatable bonds is 8. The van der Waals surface area contributed by atoms with Crippen LogP contribution in [-0.4, -0.2) is 85.2 Å². The second-order valence-electron chi connectivity index (χ2n) is 11.7. The third kappa shape index (κ3) is 9.02. The van der Waals surface area contributed by atoms with Crippen molar-refractivity contribution >= 4 is 5.91 Å². The lowest BCUT2D eigenvalue weighted by molar-refractivity contribution is -0.143. The zero-order chi connectivity index (χ0) is 32.8. The number of halogens is 6. The van der Waals surface area contributed by atoms with Crippen LogP contribution >= 0.6 is 0 Å². The van der Waals surface area contributed by atoms with Gasteiger partial charge in [0.1, 0.15) is 0 Å². The number of benzene rings is 2. The Morgan fingerprint density at radius 1 is 0.844 bits per heavy atom. The zero-order valence-electron chi connectivity index (χ0n) is 26.0. The molecule has 0 aromatic heterocycles. The molecule has 2 aromatic rings. The molecule has 2 heterocycles. The van der Waals surface area contributed by atoms with Crippen molar-refractivity contribution in [1.29, 1.82) is 0 Å². The van der Waals surface area contributed by atoms with Gasteiger partial charge in [-0.05, 0) is 60.6 Å². The molecule has 2 aliphatic heterocycles. The Morgan fingerprint density at radius 2 is 1.51 bits per heavy atom. The molecule has 0 N–H and O–H groups in total. The molecule has 0 saturated carbocycles. The van der Waals surface area contributed by atoms with E-state index in [-0.39, 0.29) is 12.6 Å². The Morgan fingerprint density at radius 3 is 2.13 bits per heavy atom. The van der Waals surface area contributed by atoms with E-state index in [1.165, 1.54) is 16.0 Å². The van der Waals surface area contributed by atoms with E-state index in [1.54, 1.807) is 0 Å². The van der Waals surface area contributed by atoms with Crippen molar-refractivity contribution in [2.75, 3.05) is 52.5 Å². The van der Waals surface area contributed by atoms with Crippen molar-refractivity contribution in [2.45, 2.75) is 70.9 Å². The number of amides is 1. The molecule has 11 heteroatoms. The molecule has 0 unspecified atom stereocenters. The van der Waals surface area contributed by atoms with Crippen LogP contribution < -0.4 is 0 Å². The number of piperazine rings is 1. The van der Waals surface area contributed by atoms with Crippen molar-refractivity contribution in [2.24, 2.45) is 0 Å². The Labute approximate surface area is 261 Å². The van der Waals surface area contributed by atoms with Crippen molar-refractivity contribution in [3.8, 4) is 11.8 Å². The first-order valence-corrected chi connectivity index (χ1v) is 15.5. The number of nitrogens with zero attached hydrogens (tertiary/aromatic N) is 3. The first kappa shape index (κ1) is 34.8. The van der Waals surface area contributed by atoms with E-state index >= 15 is 0 Å². The van der Waals surface area contributed by atoms with Gasteiger partial charge in [0, 0.05) is 43.8 Å². The van der Waals surface area contributed by atoms with Crippen LogP contribution in [0.4, 0.5) is 26.3 Å². The molecule has 2 aromatic carbocycles. The normalized spacial score (nSPS) is 20.2. The van der Waals surface area contributed by atoms with Crippen molar-refractivity contribution in [3.63, 3.8) is 0 Å². The summed E-state index contributed by atoms with van der Waals surface area (Å²) in [6.07, 6.45) is -7.02. The molecule has 0 bridgehead atoms. The summed E-state index contributed by atoms with van der Waals surface area (Å²) in [7, 11) is 0. The summed E-state index contributed by atoms with van der Waals surface area (Å²) >= 11 is 0. The highest BCUT2D eigenvalue weighted by atomic mass is 19.4. The Hall–Kier alpha value is -3.07. The highest BCUT2D eigenvalue weighted by Crippen LogP contribution is 2.37. The zero-order valence-corrected chi connectivity index (χ0v) is 26.0. The molecule has 4 rings (SSSR count). The number of morpholine rings is 1. The topological polar surface area (TPSA) is 36.0 Å². The van der Waals surface area contributed by atoms with E-state index in [0.29, 0.717) is 64.0 Å². The summed E-state index contributed by atoms with van der Waals surface area (Å²) in [4.78, 5) is 19.5. The molecule has 0 spiro atoms. The lowest BCUT2D eigenvalue weighted by atomic mass is 9.95. The molecule has 246 valence electrons. The number of aryl methyl sites for hydroxylation is 2. The lowest BCUT2D eigenvalue weighted by Crippen LogP contribution is -2.56. The van der Waals surface area contributed by atoms with Gasteiger partial charge in [0.15, 0.2) is 0 Å². The maximum atomic E-state index is 13.7. The third-order valence-corrected chi connectivity index (χ3v) is 8.70. The van der Waals surface area contributed by atoms with Crippen LogP contribution in [0.15, 0.2) is 36.4 Å². The van der Waals surface area contributed by atoms with Crippen molar-refractivity contribution < 1.29 is 35.9 Å². The van der Waals surface area contributed by atoms with E-state index in [2.05, 4.69) is 48.5 Å². The predicted molar refractivity (Wildman–Crippen MR) is 161 cm³/mol. The Balaban J connectivity index is 1.58. The molecule has 45 heavy (non-hydrogen) atoms. The lowest BCUT2D eigenvalue weighted by Gasteiger charge is -2.41. The first-order chi connectivity index (χ1) is 21.3. The van der Waals surface area contributed by atoms with Gasteiger partial charge in [-0.2, -0.15) is 26.3 Å². The van der Waals surface area contributed by atoms with Crippen LogP contribution in [0, 0.1) is 11.8 Å². The summed E-state index contributed by atoms with van der Waals surface area (Å²) in [5.41, 5.74) is -0.282. The first-order valence-electron chi connectivity index (χ1n) is 15.5. The quantitative estimate of drug-likeness (QED) is 0.251. The summed E-state index contributed by atoms with van der Waals surface area (Å²) < 4.78 is 87.0. The number of carbonyl (C=O) groups excluding carboxylic acids is 1. The molecule has 0 radical (unpaired) electrons. The van der Waals surface area contributed by atoms with E-state index < -0.39 is 41.0 Å². The van der Waals surface area contributed by atoms with E-state index in [4.69, 9.17) is 4.74 Å². The number of ether oxygens (including phenoxy) is 1. The summed E-state index contributed by atoms with van der Waals surface area (Å²) in [5.74, 6) is 5.63. The molecule has 0 aliphatic carbocycles. The molecule has 1 amide bonds. The van der Waals surface area contributed by atoms with Crippen molar-refractivity contribution in [1.82, 2.24) is 14.7 Å². The average molecular weight is 638 g/mol. The predicted octanol–water partition coefficient (Wildman–Crippen LogP) is 6.33. The summed E-state index contributed by atoms with van der Waals surface area (Å²) in [6.45, 7) is 10.4. The standard InChI is InChI=1S/C34H41F6N3O2/c1-4-25-10-9-24(17-26(25)5-2)18-31-22-41(11-7-8-12-42-15-16-45-23-30(42)6-3)13-14-43(31)32(44)27-19-28(33(35,36)37)21-29(20-27)34(38,39)40/h9-10,17,19-21,30-31H,4-6,11-16,18,22-23H2,1-3H3/t30-,31-/m1/s1. The number of hydrogen-bond acceptors (Lipinski definition) is 4. The van der Waals surface area contributed by atoms with Gasteiger partial charge in [-0.25, -0.2) is 0 Å². The number of carbonyl (C=O) groups is 1. The number of alkyl halides is 6. The average Bonchev–Trinajstić information content (AvgIpc) is 3.02. The minimum absolute atomic E-state index is 0.0477. The van der Waals surface area contributed by atoms with Gasteiger partial charge < -0.3 is 9.64 Å². The van der Waals surface area contributed by atoms with Gasteiger partial charge in [-0.3, -0.25) is 14.6 Å². The van der Waals surface area contributed by atoms with Crippen LogP contribution in [0.2, 0.25) is 0 Å². The van der Waals surface area contributed by atoms with E-state index in [0.717, 1.165) is 31.4 Å². The fourth-order valence-corrected chi connectivity index (χ4v) is 6.10. The molecule has 2 atom stereocenters. The highest BCUT2D eigenvalue weighted by molar-refractivity contribution is 5.95. The molecule has 2 saturated heterocycles. The van der Waals surface area contributed by atoms with Crippen LogP contribution in [-0.2, 0) is 36.4 Å². The van der Waals surface area contributed by atoms with E-state index in [9.17, 15) is 31.1 Å². The van der Waals surface area contributed by atoms with Gasteiger partial charge in [-0.15, -0.1) is 0 Å². The van der Waals surface area contributed by atoms with Crippen LogP contribution in [0.1, 0.15) is 65.4 Å². The molecular formula is C34H41F6N3O2. The van der Waals surface area contributed by atoms with Gasteiger partial charge in [0.05, 0.1) is 37.4 Å². The van der Waals surface area contributed by atoms with Gasteiger partial charge in [0.2, 0.25) is 0 Å². The maximum Gasteiger partial charge on any atom is 0.416 e. The second kappa shape index (κ2) is 15.0. The third-order valence-electron chi connectivity index (χ3n) is 8.70. The fourth-order valence-electron chi connectivity index (χ4n) is 6.10.